The molecule has 0 fully saturated rings. The average Bonchev–Trinajstić information content (AvgIpc) is 0.918. The van der Waals surface area contributed by atoms with Gasteiger partial charge in [-0.3, -0.25) is 0 Å². The normalized spacial score (nSPS) is 3.25. The van der Waals surface area contributed by atoms with Crippen molar-refractivity contribution < 1.29 is 26.3 Å². The SMILES string of the molecule is O.O=[CH][Fe]. The summed E-state index contributed by atoms with van der Waals surface area (Å²) in [6.45, 7) is 0. The molecule has 0 aliphatic heterocycles. The fourth-order valence-corrected chi connectivity index (χ4v) is 0. The first-order valence-electron chi connectivity index (χ1n) is 0.440. The number of carbonyl (C=O) groups is 1. The van der Waals surface area contributed by atoms with Gasteiger partial charge in [-0.15, -0.1) is 0 Å². The second-order valence-electron chi connectivity index (χ2n) is 0.0833. The van der Waals surface area contributed by atoms with Crippen LogP contribution in [0.2, 0.25) is 0 Å². The molecule has 0 unspecified atom stereocenters. The second-order valence-corrected chi connectivity index (χ2v) is 0.344. The zero-order chi connectivity index (χ0) is 2.71. The van der Waals surface area contributed by atoms with Crippen LogP contribution in [-0.4, -0.2) is 10.7 Å². The first-order valence-corrected chi connectivity index (χ1v) is 1.08. The Morgan fingerprint density at radius 3 is 1.75 bits per heavy atom. The molecular formula is CH3FeO2. The van der Waals surface area contributed by atoms with Crippen molar-refractivity contribution >= 4 is 5.18 Å². The summed E-state index contributed by atoms with van der Waals surface area (Å²) in [6, 6.07) is 0. The van der Waals surface area contributed by atoms with E-state index in [1.54, 1.807) is 0 Å². The monoisotopic (exact) mass is 103 g/mol. The van der Waals surface area contributed by atoms with Crippen molar-refractivity contribution in [3.8, 4) is 0 Å². The van der Waals surface area contributed by atoms with E-state index >= 15 is 0 Å². The number of carbonyl (C=O) groups excluding carboxylic acids is 1. The van der Waals surface area contributed by atoms with Gasteiger partial charge in [0.25, 0.3) is 0 Å². The summed E-state index contributed by atoms with van der Waals surface area (Å²) in [5.74, 6) is 0. The molecule has 0 aromatic heterocycles. The topological polar surface area (TPSA) is 48.6 Å². The van der Waals surface area contributed by atoms with E-state index in [-0.39, 0.29) is 5.48 Å². The van der Waals surface area contributed by atoms with Gasteiger partial charge < -0.3 is 5.48 Å². The van der Waals surface area contributed by atoms with Gasteiger partial charge in [0.05, 0.1) is 0 Å². The molecule has 0 aromatic rings. The predicted octanol–water partition coefficient (Wildman–Crippen LogP) is -1.10. The summed E-state index contributed by atoms with van der Waals surface area (Å²) in [7, 11) is 0. The van der Waals surface area contributed by atoms with Crippen molar-refractivity contribution in [2.75, 3.05) is 0 Å². The summed E-state index contributed by atoms with van der Waals surface area (Å²) >= 11 is 2.81. The zero-order valence-corrected chi connectivity index (χ0v) is 2.94. The molecule has 0 atom stereocenters. The Balaban J connectivity index is 0. The van der Waals surface area contributed by atoms with Crippen molar-refractivity contribution in [3.63, 3.8) is 0 Å². The molecule has 0 radical (unpaired) electrons. The van der Waals surface area contributed by atoms with Crippen LogP contribution >= 0.6 is 0 Å². The average molecular weight is 103 g/mol. The van der Waals surface area contributed by atoms with Gasteiger partial charge in [0.2, 0.25) is 0 Å². The van der Waals surface area contributed by atoms with E-state index in [0.29, 0.717) is 5.18 Å². The molecule has 4 heavy (non-hydrogen) atoms. The zero-order valence-electron chi connectivity index (χ0n) is 1.84. The van der Waals surface area contributed by atoms with Gasteiger partial charge in [-0.2, -0.15) is 0 Å². The molecule has 2 nitrogen and oxygen atoms in total. The Morgan fingerprint density at radius 2 is 1.75 bits per heavy atom. The van der Waals surface area contributed by atoms with Gasteiger partial charge in [0, 0.05) is 0 Å². The number of hydrogen-bond donors (Lipinski definition) is 0. The summed E-state index contributed by atoms with van der Waals surface area (Å²) in [6.07, 6.45) is 0. The van der Waals surface area contributed by atoms with E-state index in [2.05, 4.69) is 16.0 Å². The minimum atomic E-state index is 0. The molecule has 0 amide bonds. The molecule has 0 rings (SSSR count). The molecule has 0 aliphatic rings. The Morgan fingerprint density at radius 1 is 1.75 bits per heavy atom. The van der Waals surface area contributed by atoms with Crippen LogP contribution < -0.4 is 0 Å². The summed E-state index contributed by atoms with van der Waals surface area (Å²) in [5.41, 5.74) is 0. The maximum absolute atomic E-state index is 8.69. The number of hydrogen-bond acceptors (Lipinski definition) is 1. The Bertz CT molecular complexity index is 13.5. The van der Waals surface area contributed by atoms with Gasteiger partial charge in [-0.25, -0.2) is 0 Å². The minimum absolute atomic E-state index is 0. The molecule has 2 N–H and O–H groups in total. The molecule has 3 heteroatoms. The third kappa shape index (κ3) is 127. The second kappa shape index (κ2) is 11.0. The molecular weight excluding hydrogens is 99.9 g/mol. The van der Waals surface area contributed by atoms with Crippen LogP contribution in [0.15, 0.2) is 0 Å². The van der Waals surface area contributed by atoms with Gasteiger partial charge in [-0.05, 0) is 0 Å². The van der Waals surface area contributed by atoms with E-state index in [9.17, 15) is 0 Å². The van der Waals surface area contributed by atoms with E-state index in [4.69, 9.17) is 4.79 Å². The number of rotatable bonds is 0. The molecule has 0 saturated carbocycles. The van der Waals surface area contributed by atoms with Crippen molar-refractivity contribution in [3.05, 3.63) is 0 Å². The molecule has 0 saturated heterocycles. The van der Waals surface area contributed by atoms with E-state index in [0.717, 1.165) is 0 Å². The van der Waals surface area contributed by atoms with E-state index in [1.165, 1.54) is 0 Å². The predicted molar refractivity (Wildman–Crippen MR) is 10.4 cm³/mol. The third-order valence-corrected chi connectivity index (χ3v) is 0. The molecule has 0 bridgehead atoms. The first-order chi connectivity index (χ1) is 1.41. The van der Waals surface area contributed by atoms with Crippen LogP contribution in [0, 0.1) is 0 Å². The molecule has 0 heterocycles. The standard InChI is InChI=1S/CHO.Fe.H2O/c1-2;;/h1H;;1H2. The van der Waals surface area contributed by atoms with Crippen molar-refractivity contribution in [1.29, 1.82) is 0 Å². The molecule has 0 aromatic carbocycles. The summed E-state index contributed by atoms with van der Waals surface area (Å²) in [5, 5.41) is 0.500. The maximum atomic E-state index is 8.69. The van der Waals surface area contributed by atoms with E-state index < -0.39 is 0 Å². The van der Waals surface area contributed by atoms with Gasteiger partial charge >= 0.3 is 26.0 Å². The fourth-order valence-electron chi connectivity index (χ4n) is 0. The van der Waals surface area contributed by atoms with Crippen LogP contribution in [0.25, 0.3) is 0 Å². The van der Waals surface area contributed by atoms with Crippen LogP contribution in [0.4, 0.5) is 0 Å². The Hall–Kier alpha value is 0.149. The molecule has 27 valence electrons. The third-order valence-electron chi connectivity index (χ3n) is 0. The molecule has 0 aliphatic carbocycles. The van der Waals surface area contributed by atoms with E-state index in [1.807, 2.05) is 0 Å². The quantitative estimate of drug-likeness (QED) is 0.283. The van der Waals surface area contributed by atoms with Gasteiger partial charge in [0.1, 0.15) is 0 Å². The Kier molecular flexibility index (Phi) is 24.5. The fraction of sp³-hybridized carbons (Fsp3) is 0. The van der Waals surface area contributed by atoms with Crippen LogP contribution in [0.1, 0.15) is 0 Å². The van der Waals surface area contributed by atoms with Crippen molar-refractivity contribution in [1.82, 2.24) is 0 Å². The first kappa shape index (κ1) is 8.91. The van der Waals surface area contributed by atoms with Crippen molar-refractivity contribution in [2.24, 2.45) is 0 Å². The Labute approximate surface area is 32.3 Å². The van der Waals surface area contributed by atoms with Crippen molar-refractivity contribution in [2.45, 2.75) is 0 Å². The van der Waals surface area contributed by atoms with Gasteiger partial charge in [0.15, 0.2) is 0 Å². The summed E-state index contributed by atoms with van der Waals surface area (Å²) < 4.78 is 0. The van der Waals surface area contributed by atoms with Crippen LogP contribution in [-0.2, 0) is 20.8 Å². The summed E-state index contributed by atoms with van der Waals surface area (Å²) in [4.78, 5) is 8.69. The van der Waals surface area contributed by atoms with Crippen LogP contribution in [0.5, 0.6) is 0 Å². The molecule has 0 spiro atoms. The van der Waals surface area contributed by atoms with Crippen LogP contribution in [0.3, 0.4) is 0 Å². The van der Waals surface area contributed by atoms with Gasteiger partial charge in [-0.1, -0.05) is 0 Å².